The molecule has 2 heterocycles. The smallest absolute Gasteiger partial charge is 0.248 e. The van der Waals surface area contributed by atoms with Gasteiger partial charge in [0.2, 0.25) is 21.8 Å². The van der Waals surface area contributed by atoms with E-state index in [1.165, 1.54) is 41.3 Å². The van der Waals surface area contributed by atoms with Gasteiger partial charge in [0.15, 0.2) is 5.13 Å². The summed E-state index contributed by atoms with van der Waals surface area (Å²) in [6.45, 7) is -0.0209. The SMILES string of the molecule is COc1cccc(S(=O)(=O)N2CCN([C@@H](CC3CCCCC3)C(=O)Nc3nccs3)C(=O)C2)c1. The Morgan fingerprint density at radius 1 is 1.26 bits per heavy atom. The van der Waals surface area contributed by atoms with Gasteiger partial charge in [-0.1, -0.05) is 38.2 Å². The van der Waals surface area contributed by atoms with Crippen molar-refractivity contribution in [2.45, 2.75) is 49.5 Å². The van der Waals surface area contributed by atoms with E-state index < -0.39 is 16.1 Å². The molecule has 184 valence electrons. The van der Waals surface area contributed by atoms with Crippen LogP contribution >= 0.6 is 11.3 Å². The lowest BCUT2D eigenvalue weighted by Gasteiger charge is -2.39. The molecule has 0 radical (unpaired) electrons. The van der Waals surface area contributed by atoms with E-state index in [1.54, 1.807) is 28.6 Å². The van der Waals surface area contributed by atoms with Gasteiger partial charge < -0.3 is 15.0 Å². The number of sulfonamides is 1. The summed E-state index contributed by atoms with van der Waals surface area (Å²) in [5.41, 5.74) is 0. The van der Waals surface area contributed by atoms with Gasteiger partial charge in [0.05, 0.1) is 18.6 Å². The normalized spacial score (nSPS) is 19.1. The van der Waals surface area contributed by atoms with E-state index >= 15 is 0 Å². The van der Waals surface area contributed by atoms with Crippen LogP contribution in [-0.4, -0.2) is 67.2 Å². The third-order valence-electron chi connectivity index (χ3n) is 6.52. The minimum Gasteiger partial charge on any atom is -0.497 e. The third kappa shape index (κ3) is 5.59. The van der Waals surface area contributed by atoms with Gasteiger partial charge in [-0.3, -0.25) is 9.59 Å². The number of hydrogen-bond donors (Lipinski definition) is 1. The Morgan fingerprint density at radius 2 is 2.06 bits per heavy atom. The molecule has 4 rings (SSSR count). The molecule has 1 saturated heterocycles. The van der Waals surface area contributed by atoms with Crippen molar-refractivity contribution in [3.8, 4) is 5.75 Å². The van der Waals surface area contributed by atoms with E-state index in [2.05, 4.69) is 10.3 Å². The number of nitrogens with one attached hydrogen (secondary N) is 1. The van der Waals surface area contributed by atoms with Crippen molar-refractivity contribution in [1.82, 2.24) is 14.2 Å². The maximum absolute atomic E-state index is 13.2. The first-order chi connectivity index (χ1) is 16.4. The van der Waals surface area contributed by atoms with E-state index in [0.717, 1.165) is 25.7 Å². The fourth-order valence-corrected chi connectivity index (χ4v) is 6.65. The molecule has 1 atom stereocenters. The molecular weight excluding hydrogens is 476 g/mol. The Balaban J connectivity index is 1.50. The number of carbonyl (C=O) groups excluding carboxylic acids is 2. The number of piperazine rings is 1. The number of amides is 2. The minimum absolute atomic E-state index is 0.0772. The lowest BCUT2D eigenvalue weighted by molar-refractivity contribution is -0.142. The Hall–Kier alpha value is -2.50. The Labute approximate surface area is 204 Å². The molecule has 1 aromatic carbocycles. The van der Waals surface area contributed by atoms with E-state index in [4.69, 9.17) is 4.74 Å². The summed E-state index contributed by atoms with van der Waals surface area (Å²) in [4.78, 5) is 32.2. The summed E-state index contributed by atoms with van der Waals surface area (Å²) < 4.78 is 32.6. The fourth-order valence-electron chi connectivity index (χ4n) is 4.70. The zero-order valence-corrected chi connectivity index (χ0v) is 20.8. The van der Waals surface area contributed by atoms with Crippen LogP contribution in [0.4, 0.5) is 5.13 Å². The number of aromatic nitrogens is 1. The highest BCUT2D eigenvalue weighted by Crippen LogP contribution is 2.30. The second kappa shape index (κ2) is 10.8. The van der Waals surface area contributed by atoms with Gasteiger partial charge in [-0.2, -0.15) is 4.31 Å². The minimum atomic E-state index is -3.87. The van der Waals surface area contributed by atoms with Gasteiger partial charge in [-0.25, -0.2) is 13.4 Å². The second-order valence-corrected chi connectivity index (χ2v) is 11.5. The van der Waals surface area contributed by atoms with E-state index in [-0.39, 0.29) is 36.3 Å². The third-order valence-corrected chi connectivity index (χ3v) is 9.05. The van der Waals surface area contributed by atoms with E-state index in [9.17, 15) is 18.0 Å². The molecule has 1 aliphatic carbocycles. The van der Waals surface area contributed by atoms with E-state index in [1.807, 2.05) is 0 Å². The summed E-state index contributed by atoms with van der Waals surface area (Å²) in [7, 11) is -2.40. The van der Waals surface area contributed by atoms with Crippen LogP contribution in [0.2, 0.25) is 0 Å². The zero-order chi connectivity index (χ0) is 24.1. The molecule has 34 heavy (non-hydrogen) atoms. The van der Waals surface area contributed by atoms with E-state index in [0.29, 0.717) is 23.2 Å². The first kappa shape index (κ1) is 24.6. The molecule has 0 spiro atoms. The van der Waals surface area contributed by atoms with Gasteiger partial charge >= 0.3 is 0 Å². The largest absolute Gasteiger partial charge is 0.497 e. The Kier molecular flexibility index (Phi) is 7.84. The molecule has 0 unspecified atom stereocenters. The zero-order valence-electron chi connectivity index (χ0n) is 19.2. The number of nitrogens with zero attached hydrogens (tertiary/aromatic N) is 3. The molecule has 1 aliphatic heterocycles. The summed E-state index contributed by atoms with van der Waals surface area (Å²) >= 11 is 1.32. The summed E-state index contributed by atoms with van der Waals surface area (Å²) in [5.74, 6) is 0.162. The van der Waals surface area contributed by atoms with Crippen LogP contribution in [0, 0.1) is 5.92 Å². The Bertz CT molecular complexity index is 1100. The van der Waals surface area contributed by atoms with Gasteiger partial charge in [0, 0.05) is 30.7 Å². The topological polar surface area (TPSA) is 109 Å². The molecule has 1 aromatic heterocycles. The number of ether oxygens (including phenoxy) is 1. The van der Waals surface area contributed by atoms with Gasteiger partial charge in [-0.05, 0) is 24.5 Å². The summed E-state index contributed by atoms with van der Waals surface area (Å²) in [6, 6.07) is 5.55. The van der Waals surface area contributed by atoms with Crippen LogP contribution in [0.15, 0.2) is 40.7 Å². The van der Waals surface area contributed by atoms with Crippen LogP contribution < -0.4 is 10.1 Å². The Morgan fingerprint density at radius 3 is 2.74 bits per heavy atom. The summed E-state index contributed by atoms with van der Waals surface area (Å²) in [5, 5.41) is 5.11. The molecule has 2 amide bonds. The van der Waals surface area contributed by atoms with Gasteiger partial charge in [0.25, 0.3) is 0 Å². The lowest BCUT2D eigenvalue weighted by atomic mass is 9.84. The quantitative estimate of drug-likeness (QED) is 0.590. The van der Waals surface area contributed by atoms with Crippen molar-refractivity contribution in [3.05, 3.63) is 35.8 Å². The lowest BCUT2D eigenvalue weighted by Crippen LogP contribution is -2.58. The van der Waals surface area contributed by atoms with Crippen molar-refractivity contribution in [1.29, 1.82) is 0 Å². The monoisotopic (exact) mass is 506 g/mol. The number of thiazole rings is 1. The first-order valence-corrected chi connectivity index (χ1v) is 13.8. The number of carbonyl (C=O) groups is 2. The van der Waals surface area contributed by atoms with Crippen molar-refractivity contribution >= 4 is 38.3 Å². The molecule has 1 saturated carbocycles. The first-order valence-electron chi connectivity index (χ1n) is 11.5. The average Bonchev–Trinajstić information content (AvgIpc) is 3.36. The van der Waals surface area contributed by atoms with Gasteiger partial charge in [-0.15, -0.1) is 11.3 Å². The average molecular weight is 507 g/mol. The fraction of sp³-hybridized carbons (Fsp3) is 0.522. The molecule has 2 aromatic rings. The molecule has 2 fully saturated rings. The van der Waals surface area contributed by atoms with Crippen molar-refractivity contribution in [2.75, 3.05) is 32.1 Å². The molecular formula is C23H30N4O5S2. The summed E-state index contributed by atoms with van der Waals surface area (Å²) in [6.07, 6.45) is 7.73. The number of rotatable bonds is 8. The standard InChI is InChI=1S/C23H30N4O5S2/c1-32-18-8-5-9-19(15-18)34(30,31)26-11-12-27(21(28)16-26)20(14-17-6-3-2-4-7-17)22(29)25-23-24-10-13-33-23/h5,8-10,13,15,17,20H,2-4,6-7,11-12,14,16H2,1H3,(H,24,25,29)/t20-/m0/s1. The highest BCUT2D eigenvalue weighted by Gasteiger charge is 2.39. The van der Waals surface area contributed by atoms with Crippen LogP contribution in [-0.2, 0) is 19.6 Å². The molecule has 0 bridgehead atoms. The van der Waals surface area contributed by atoms with Gasteiger partial charge in [0.1, 0.15) is 11.8 Å². The highest BCUT2D eigenvalue weighted by atomic mass is 32.2. The van der Waals surface area contributed by atoms with Crippen LogP contribution in [0.5, 0.6) is 5.75 Å². The molecule has 1 N–H and O–H groups in total. The number of methoxy groups -OCH3 is 1. The van der Waals surface area contributed by atoms with Crippen LogP contribution in [0.25, 0.3) is 0 Å². The van der Waals surface area contributed by atoms with Crippen molar-refractivity contribution in [3.63, 3.8) is 0 Å². The van der Waals surface area contributed by atoms with Crippen molar-refractivity contribution < 1.29 is 22.7 Å². The number of anilines is 1. The maximum atomic E-state index is 13.2. The highest BCUT2D eigenvalue weighted by molar-refractivity contribution is 7.89. The predicted molar refractivity (Wildman–Crippen MR) is 129 cm³/mol. The number of benzene rings is 1. The second-order valence-electron chi connectivity index (χ2n) is 8.69. The maximum Gasteiger partial charge on any atom is 0.248 e. The van der Waals surface area contributed by atoms with Crippen LogP contribution in [0.1, 0.15) is 38.5 Å². The predicted octanol–water partition coefficient (Wildman–Crippen LogP) is 2.96. The molecule has 2 aliphatic rings. The van der Waals surface area contributed by atoms with Crippen LogP contribution in [0.3, 0.4) is 0 Å². The van der Waals surface area contributed by atoms with Crippen molar-refractivity contribution in [2.24, 2.45) is 5.92 Å². The number of hydrogen-bond acceptors (Lipinski definition) is 7. The molecule has 11 heteroatoms. The molecule has 9 nitrogen and oxygen atoms in total.